The molecule has 0 aromatic heterocycles. The van der Waals surface area contributed by atoms with Crippen molar-refractivity contribution in [3.8, 4) is 0 Å². The summed E-state index contributed by atoms with van der Waals surface area (Å²) in [6.07, 6.45) is 11.4. The Bertz CT molecular complexity index is 5520. The third-order valence-corrected chi connectivity index (χ3v) is 24.4. The zero-order valence-corrected chi connectivity index (χ0v) is 97.4. The molecule has 0 spiro atoms. The van der Waals surface area contributed by atoms with E-state index in [9.17, 15) is 63.7 Å². The van der Waals surface area contributed by atoms with Crippen LogP contribution in [0.1, 0.15) is 243 Å². The molecule has 0 atom stereocenters. The van der Waals surface area contributed by atoms with Crippen LogP contribution in [-0.4, -0.2) is 96.2 Å². The number of hydrogen-bond acceptors (Lipinski definition) is 17. The molecule has 8 aromatic carbocycles. The van der Waals surface area contributed by atoms with E-state index in [1.165, 1.54) is 112 Å². The van der Waals surface area contributed by atoms with Gasteiger partial charge < -0.3 is 64.8 Å². The number of fused-ring (bicyclic) bond motifs is 3. The summed E-state index contributed by atoms with van der Waals surface area (Å²) in [5.41, 5.74) is 35.6. The zero-order valence-electron chi connectivity index (χ0n) is 86.6. The van der Waals surface area contributed by atoms with Crippen LogP contribution in [0.15, 0.2) is 129 Å². The number of carboxylic acid groups (broad SMARTS) is 3. The van der Waals surface area contributed by atoms with E-state index in [0.717, 1.165) is 130 Å². The molecule has 3 aliphatic heterocycles. The molecule has 3 amide bonds. The summed E-state index contributed by atoms with van der Waals surface area (Å²) in [5, 5.41) is 38.9. The number of carbonyl (C=O) groups excluding carboxylic acids is 4. The summed E-state index contributed by atoms with van der Waals surface area (Å²) in [7, 11) is 0. The molecule has 0 unspecified atom stereocenters. The minimum atomic E-state index is -3.22. The Kier molecular flexibility index (Phi) is 63.5. The van der Waals surface area contributed by atoms with Gasteiger partial charge in [-0.15, -0.1) is 0 Å². The number of hydrazone groups is 1. The van der Waals surface area contributed by atoms with Gasteiger partial charge in [-0.05, 0) is 317 Å². The summed E-state index contributed by atoms with van der Waals surface area (Å²) in [6, 6.07) is 29.4. The van der Waals surface area contributed by atoms with Gasteiger partial charge in [0.25, 0.3) is 11.9 Å². The Hall–Kier alpha value is -8.27. The van der Waals surface area contributed by atoms with Crippen LogP contribution in [0.4, 0.5) is 80.6 Å². The van der Waals surface area contributed by atoms with Crippen LogP contribution in [0.25, 0.3) is 0 Å². The van der Waals surface area contributed by atoms with Crippen molar-refractivity contribution in [1.29, 1.82) is 0 Å². The summed E-state index contributed by atoms with van der Waals surface area (Å²) in [6.45, 7) is 50.6. The first kappa shape index (κ1) is 139. The maximum atomic E-state index is 14.0. The SMILES string of the molecule is CC(=O)O.CC(=O)O.CC(C)(N)C(=O)O.CCB(CC)CC.CCc1ccc(F)c(Br)c1N.CCc1ccc(F)c(Br)c1NC(=O)C(C)(C)C.CCc1ccc(F)c2c1C/C(=N\NC(C)=O)C(C)(C)N2.CCc1ccc(F)c2c1CC(=O)C(C)(C)N2.CCc1ccc(F)c2c1CC(=S)C(C)(C)N2.CCc1ccc(F)cc1N.CCc1ccc(F)cc1NC(=O)C(C)(C)C.Nc1cc(F)ccc1I.O=P(Cl)(Cl)Cl.[Pd]. The number of nitrogens with one attached hydrogen (secondary N) is 6. The van der Waals surface area contributed by atoms with Crippen LogP contribution in [-0.2, 0) is 123 Å². The standard InChI is InChI=1S/C15H20FN3O.C13H17BrFNO.C13H16FNO.C13H18FNO.C13H16FNS.C8H9BrFN.C8H10FN.C6H15B.C6H5FIN.C4H9NO2.2C2H4O2.Cl3OP.Pd/c1-5-10-6-7-12(16)14-11(10)8-13(15(3,4)17-14)19-18-9(2)20;1-5-8-6-7-9(15)10(14)11(8)16-12(17)13(2,3)4;1-4-8-5-6-10(14)12-9(8)7-11(16)13(2,3)15-12;1-5-9-6-7-10(14)8-11(9)15-12(16)13(2,3)4;1-4-8-5-6-10(14)12-9(8)7-11(16)13(2,3)15-12;1-2-5-3-4-6(10)7(9)8(5)11;1-2-6-3-4-7(9)5-8(6)10;1-4-7(5-2)6-3;7-4-1-2-5(8)6(9)3-4;1-4(2,5)3(6)7;2*1-2(3)4;1-5(2,3)4;/h6-7,17H,5,8H2,1-4H3,(H,18,20);6-7H,5H2,1-4H3,(H,16,17);5-6,15H,4,7H2,1-3H3;6-8H,5H2,1-4H3,(H,15,16);5-6,15H,4,7H2,1-3H3;3-4H,2,11H2,1H3;3-5H,2,10H2,1H3;4-6H2,1-3H3;1-3H,9H2;5H2,1-2H3,(H,6,7);2*1H3,(H,3,4);;/b19-13+;;;;;;;;;;;;;. The first-order valence-electron chi connectivity index (χ1n) is 45.8. The molecule has 3 aliphatic rings. The van der Waals surface area contributed by atoms with Gasteiger partial charge in [0.1, 0.15) is 58.8 Å². The van der Waals surface area contributed by atoms with Gasteiger partial charge in [0.2, 0.25) is 17.7 Å². The van der Waals surface area contributed by atoms with E-state index < -0.39 is 50.6 Å². The number of aryl methyl sites for hydroxylation is 7. The minimum absolute atomic E-state index is 0. The average molecular weight is 2440 g/mol. The number of rotatable bonds is 14. The summed E-state index contributed by atoms with van der Waals surface area (Å²) >= 11 is 27.5. The van der Waals surface area contributed by atoms with E-state index in [1.807, 2.05) is 146 Å². The van der Waals surface area contributed by atoms with Crippen LogP contribution < -0.4 is 54.9 Å². The minimum Gasteiger partial charge on any atom is -0.481 e. The number of halogens is 14. The van der Waals surface area contributed by atoms with Crippen LogP contribution in [0.3, 0.4) is 0 Å². The molecule has 0 fully saturated rings. The first-order chi connectivity index (χ1) is 65.2. The quantitative estimate of drug-likeness (QED) is 0.00914. The smallest absolute Gasteiger partial charge is 0.339 e. The number of thiocarbonyl (C=S) groups is 1. The molecular formula is C103H143BBr2Cl3F8IN11O11PPdS. The van der Waals surface area contributed by atoms with E-state index in [-0.39, 0.29) is 96.0 Å². The molecule has 798 valence electrons. The van der Waals surface area contributed by atoms with Gasteiger partial charge in [0.05, 0.1) is 59.7 Å². The zero-order chi connectivity index (χ0) is 111. The average Bonchev–Trinajstić information content (AvgIpc) is 0.785. The second-order valence-corrected chi connectivity index (χ2v) is 46.5. The number of carbonyl (C=O) groups is 7. The van der Waals surface area contributed by atoms with Gasteiger partial charge >= 0.3 is 11.2 Å². The Balaban J connectivity index is -0.00000152. The van der Waals surface area contributed by atoms with Crippen LogP contribution in [0.5, 0.6) is 0 Å². The van der Waals surface area contributed by atoms with Gasteiger partial charge in [0, 0.05) is 96.8 Å². The maximum absolute atomic E-state index is 14.0. The Morgan fingerprint density at radius 1 is 0.483 bits per heavy atom. The Morgan fingerprint density at radius 3 is 1.15 bits per heavy atom. The number of aliphatic carboxylic acids is 3. The van der Waals surface area contributed by atoms with Crippen molar-refractivity contribution in [2.75, 3.05) is 43.8 Å². The van der Waals surface area contributed by atoms with Crippen molar-refractivity contribution in [1.82, 2.24) is 5.43 Å². The molecule has 0 bridgehead atoms. The molecule has 22 nitrogen and oxygen atoms in total. The van der Waals surface area contributed by atoms with Crippen molar-refractivity contribution in [3.05, 3.63) is 230 Å². The third-order valence-electron chi connectivity index (χ3n) is 21.2. The van der Waals surface area contributed by atoms with Crippen molar-refractivity contribution < 1.29 is 109 Å². The van der Waals surface area contributed by atoms with Gasteiger partial charge in [-0.25, -0.2) is 40.5 Å². The Morgan fingerprint density at radius 2 is 0.797 bits per heavy atom. The van der Waals surface area contributed by atoms with Crippen LogP contribution in [0.2, 0.25) is 19.0 Å². The normalized spacial score (nSPS) is 13.0. The summed E-state index contributed by atoms with van der Waals surface area (Å²) < 4.78 is 116. The summed E-state index contributed by atoms with van der Waals surface area (Å²) in [5.74, 6) is -5.23. The van der Waals surface area contributed by atoms with Crippen molar-refractivity contribution in [2.24, 2.45) is 21.7 Å². The van der Waals surface area contributed by atoms with Crippen molar-refractivity contribution in [2.45, 2.75) is 292 Å². The largest absolute Gasteiger partial charge is 0.481 e. The molecule has 11 rings (SSSR count). The number of nitrogens with two attached hydrogens (primary N) is 4. The van der Waals surface area contributed by atoms with E-state index >= 15 is 0 Å². The molecule has 0 saturated heterocycles. The van der Waals surface area contributed by atoms with E-state index in [1.54, 1.807) is 50.2 Å². The molecule has 0 radical (unpaired) electrons. The van der Waals surface area contributed by atoms with Crippen molar-refractivity contribution in [3.63, 3.8) is 0 Å². The van der Waals surface area contributed by atoms with Crippen molar-refractivity contribution >= 4 is 210 Å². The number of hydrogen-bond donors (Lipinski definition) is 13. The molecule has 40 heteroatoms. The molecule has 3 heterocycles. The van der Waals surface area contributed by atoms with E-state index in [0.29, 0.717) is 73.7 Å². The second-order valence-electron chi connectivity index (χ2n) is 36.6. The maximum Gasteiger partial charge on any atom is 0.339 e. The van der Waals surface area contributed by atoms with E-state index in [2.05, 4.69) is 130 Å². The number of ketones is 1. The molecule has 17 N–H and O–H groups in total. The van der Waals surface area contributed by atoms with E-state index in [4.69, 9.17) is 60.1 Å². The topological polar surface area (TPSA) is 386 Å². The number of carboxylic acids is 3. The van der Waals surface area contributed by atoms with Crippen LogP contribution in [0, 0.1) is 60.9 Å². The predicted molar refractivity (Wildman–Crippen MR) is 592 cm³/mol. The second kappa shape index (κ2) is 65.4. The van der Waals surface area contributed by atoms with Gasteiger partial charge in [0.15, 0.2) is 5.78 Å². The van der Waals surface area contributed by atoms with Gasteiger partial charge in [-0.1, -0.05) is 184 Å². The van der Waals surface area contributed by atoms with Gasteiger partial charge in [-0.3, -0.25) is 38.1 Å². The monoisotopic (exact) mass is 2430 g/mol. The first-order valence-corrected chi connectivity index (χ1v) is 53.3. The number of Topliss-reactive ketones (excluding diaryl/α,β-unsaturated/α-hetero) is 1. The van der Waals surface area contributed by atoms with Crippen LogP contribution >= 0.6 is 106 Å². The fourth-order valence-corrected chi connectivity index (χ4v) is 13.8. The molecule has 143 heavy (non-hydrogen) atoms. The fourth-order valence-electron chi connectivity index (χ4n) is 12.4. The number of nitrogens with zero attached hydrogens (tertiary/aromatic N) is 1. The molecule has 8 aromatic rings. The third kappa shape index (κ3) is 51.8. The van der Waals surface area contributed by atoms with Gasteiger partial charge in [-0.2, -0.15) is 5.10 Å². The number of anilines is 8. The fraction of sp³-hybridized carbons (Fsp3) is 0.447. The number of nitrogen functional groups attached to an aromatic ring is 3. The predicted octanol–water partition coefficient (Wildman–Crippen LogP) is 28.4. The number of amides is 3. The molecular weight excluding hydrogens is 2290 g/mol. The summed E-state index contributed by atoms with van der Waals surface area (Å²) in [4.78, 5) is 75.4. The Labute approximate surface area is 904 Å². The number of benzene rings is 8. The molecule has 0 aliphatic carbocycles. The molecule has 0 saturated carbocycles.